The Morgan fingerprint density at radius 1 is 1.50 bits per heavy atom. The van der Waals surface area contributed by atoms with Crippen LogP contribution in [-0.4, -0.2) is 44.3 Å². The van der Waals surface area contributed by atoms with Gasteiger partial charge >= 0.3 is 0 Å². The molecule has 1 saturated carbocycles. The third-order valence-electron chi connectivity index (χ3n) is 4.40. The van der Waals surface area contributed by atoms with E-state index in [4.69, 9.17) is 23.2 Å². The van der Waals surface area contributed by atoms with Crippen molar-refractivity contribution in [1.29, 1.82) is 0 Å². The van der Waals surface area contributed by atoms with Crippen LogP contribution in [0.3, 0.4) is 0 Å². The number of piperidine rings is 1. The third kappa shape index (κ3) is 2.81. The smallest absolute Gasteiger partial charge is 0.231 e. The molecule has 6 nitrogen and oxygen atoms in total. The number of nitrogens with zero attached hydrogens (tertiary/aromatic N) is 3. The summed E-state index contributed by atoms with van der Waals surface area (Å²) in [6.45, 7) is 2.81. The topological polar surface area (TPSA) is 75.2 Å². The van der Waals surface area contributed by atoms with Crippen molar-refractivity contribution < 1.29 is 9.59 Å². The van der Waals surface area contributed by atoms with Crippen LogP contribution in [0.25, 0.3) is 0 Å². The fourth-order valence-corrected chi connectivity index (χ4v) is 3.94. The molecule has 2 atom stereocenters. The SMILES string of the molecule is C[C@@]1(C(=O)N2CCC[C@H](C(=O)Nc3nncs3)C2)CC1(Cl)Cl. The first-order valence-corrected chi connectivity index (χ1v) is 8.71. The molecule has 1 aliphatic carbocycles. The summed E-state index contributed by atoms with van der Waals surface area (Å²) in [4.78, 5) is 26.6. The molecule has 1 N–H and O–H groups in total. The number of anilines is 1. The molecule has 120 valence electrons. The van der Waals surface area contributed by atoms with E-state index in [9.17, 15) is 9.59 Å². The maximum Gasteiger partial charge on any atom is 0.231 e. The summed E-state index contributed by atoms with van der Waals surface area (Å²) in [6.07, 6.45) is 1.99. The number of carbonyl (C=O) groups is 2. The van der Waals surface area contributed by atoms with Crippen LogP contribution in [-0.2, 0) is 9.59 Å². The molecule has 0 radical (unpaired) electrons. The Kier molecular flexibility index (Phi) is 4.07. The van der Waals surface area contributed by atoms with Gasteiger partial charge in [-0.1, -0.05) is 11.3 Å². The number of amides is 2. The molecule has 1 aromatic rings. The molecular weight excluding hydrogens is 347 g/mol. The van der Waals surface area contributed by atoms with Crippen molar-refractivity contribution in [2.75, 3.05) is 18.4 Å². The van der Waals surface area contributed by atoms with Crippen LogP contribution >= 0.6 is 34.5 Å². The minimum absolute atomic E-state index is 0.0640. The average molecular weight is 363 g/mol. The molecule has 0 aromatic carbocycles. The van der Waals surface area contributed by atoms with Crippen LogP contribution in [0.5, 0.6) is 0 Å². The Bertz CT molecular complexity index is 595. The van der Waals surface area contributed by atoms with E-state index in [2.05, 4.69) is 15.5 Å². The van der Waals surface area contributed by atoms with Crippen LogP contribution < -0.4 is 5.32 Å². The summed E-state index contributed by atoms with van der Waals surface area (Å²) in [5.41, 5.74) is 0.828. The number of hydrogen-bond acceptors (Lipinski definition) is 5. The maximum atomic E-state index is 12.6. The predicted octanol–water partition coefficient (Wildman–Crippen LogP) is 2.30. The lowest BCUT2D eigenvalue weighted by Crippen LogP contribution is -2.47. The molecule has 2 amide bonds. The zero-order valence-corrected chi connectivity index (χ0v) is 14.3. The number of aromatic nitrogens is 2. The zero-order valence-electron chi connectivity index (χ0n) is 12.0. The van der Waals surface area contributed by atoms with Gasteiger partial charge in [-0.15, -0.1) is 33.4 Å². The minimum Gasteiger partial charge on any atom is -0.341 e. The highest BCUT2D eigenvalue weighted by molar-refractivity contribution is 7.13. The minimum atomic E-state index is -0.980. The lowest BCUT2D eigenvalue weighted by atomic mass is 9.95. The van der Waals surface area contributed by atoms with Crippen molar-refractivity contribution in [2.24, 2.45) is 11.3 Å². The average Bonchev–Trinajstić information content (AvgIpc) is 2.84. The Morgan fingerprint density at radius 3 is 2.82 bits per heavy atom. The van der Waals surface area contributed by atoms with Gasteiger partial charge in [0, 0.05) is 13.1 Å². The van der Waals surface area contributed by atoms with Crippen molar-refractivity contribution in [3.63, 3.8) is 0 Å². The van der Waals surface area contributed by atoms with Gasteiger partial charge in [0.2, 0.25) is 16.9 Å². The van der Waals surface area contributed by atoms with Gasteiger partial charge in [-0.05, 0) is 26.2 Å². The molecule has 1 aromatic heterocycles. The molecule has 0 unspecified atom stereocenters. The molecule has 2 fully saturated rings. The molecule has 3 rings (SSSR count). The molecule has 1 aliphatic heterocycles. The molecule has 2 aliphatic rings. The van der Waals surface area contributed by atoms with Gasteiger partial charge in [-0.2, -0.15) is 0 Å². The first kappa shape index (κ1) is 16.0. The summed E-state index contributed by atoms with van der Waals surface area (Å²) >= 11 is 13.4. The van der Waals surface area contributed by atoms with Crippen LogP contribution in [0.1, 0.15) is 26.2 Å². The molecule has 1 saturated heterocycles. The van der Waals surface area contributed by atoms with E-state index in [1.165, 1.54) is 11.3 Å². The number of alkyl halides is 2. The number of carbonyl (C=O) groups excluding carboxylic acids is 2. The van der Waals surface area contributed by atoms with Crippen LogP contribution in [0.2, 0.25) is 0 Å². The Balaban J connectivity index is 1.62. The van der Waals surface area contributed by atoms with Crippen molar-refractivity contribution in [1.82, 2.24) is 15.1 Å². The predicted molar refractivity (Wildman–Crippen MR) is 85.0 cm³/mol. The third-order valence-corrected chi connectivity index (χ3v) is 6.11. The molecule has 22 heavy (non-hydrogen) atoms. The zero-order chi connectivity index (χ0) is 16.0. The molecule has 0 bridgehead atoms. The van der Waals surface area contributed by atoms with Gasteiger partial charge in [0.1, 0.15) is 9.84 Å². The second kappa shape index (κ2) is 5.62. The first-order valence-electron chi connectivity index (χ1n) is 7.08. The van der Waals surface area contributed by atoms with E-state index in [0.717, 1.165) is 12.8 Å². The van der Waals surface area contributed by atoms with Gasteiger partial charge in [0.15, 0.2) is 0 Å². The number of likely N-dealkylation sites (tertiary alicyclic amines) is 1. The largest absolute Gasteiger partial charge is 0.341 e. The van der Waals surface area contributed by atoms with E-state index in [1.54, 1.807) is 17.3 Å². The second-order valence-electron chi connectivity index (χ2n) is 6.04. The molecule has 0 spiro atoms. The van der Waals surface area contributed by atoms with Crippen molar-refractivity contribution in [3.8, 4) is 0 Å². The second-order valence-corrected chi connectivity index (χ2v) is 8.35. The van der Waals surface area contributed by atoms with Crippen LogP contribution in [0.15, 0.2) is 5.51 Å². The number of hydrogen-bond donors (Lipinski definition) is 1. The Hall–Kier alpha value is -0.920. The quantitative estimate of drug-likeness (QED) is 0.837. The van der Waals surface area contributed by atoms with E-state index >= 15 is 0 Å². The summed E-state index contributed by atoms with van der Waals surface area (Å²) in [5.74, 6) is -0.437. The molecule has 2 heterocycles. The van der Waals surface area contributed by atoms with Crippen molar-refractivity contribution >= 4 is 51.5 Å². The van der Waals surface area contributed by atoms with E-state index in [1.807, 2.05) is 0 Å². The van der Waals surface area contributed by atoms with Crippen molar-refractivity contribution in [3.05, 3.63) is 5.51 Å². The van der Waals surface area contributed by atoms with Crippen LogP contribution in [0, 0.1) is 11.3 Å². The first-order chi connectivity index (χ1) is 10.3. The molecule has 9 heteroatoms. The highest BCUT2D eigenvalue weighted by Gasteiger charge is 2.68. The summed E-state index contributed by atoms with van der Waals surface area (Å²) in [6, 6.07) is 0. The Labute approximate surface area is 142 Å². The number of nitrogens with one attached hydrogen (secondary N) is 1. The lowest BCUT2D eigenvalue weighted by molar-refractivity contribution is -0.139. The van der Waals surface area contributed by atoms with Gasteiger partial charge in [-0.3, -0.25) is 9.59 Å². The van der Waals surface area contributed by atoms with E-state index in [0.29, 0.717) is 24.6 Å². The van der Waals surface area contributed by atoms with Gasteiger partial charge in [0.25, 0.3) is 0 Å². The fraction of sp³-hybridized carbons (Fsp3) is 0.692. The summed E-state index contributed by atoms with van der Waals surface area (Å²) < 4.78 is -0.980. The van der Waals surface area contributed by atoms with E-state index < -0.39 is 9.75 Å². The van der Waals surface area contributed by atoms with E-state index in [-0.39, 0.29) is 17.7 Å². The summed E-state index contributed by atoms with van der Waals surface area (Å²) in [7, 11) is 0. The van der Waals surface area contributed by atoms with Gasteiger partial charge in [-0.25, -0.2) is 0 Å². The lowest BCUT2D eigenvalue weighted by Gasteiger charge is -2.34. The standard InChI is InChI=1S/C13H16Cl2N4O2S/c1-12(6-13(12,14)15)10(21)19-4-2-3-8(5-19)9(20)17-11-18-16-7-22-11/h7-8H,2-6H2,1H3,(H,17,18,20)/t8-,12-/m0/s1. The fourth-order valence-electron chi connectivity index (χ4n) is 2.79. The summed E-state index contributed by atoms with van der Waals surface area (Å²) in [5, 5.41) is 10.7. The number of rotatable bonds is 3. The molecular formula is C13H16Cl2N4O2S. The van der Waals surface area contributed by atoms with Gasteiger partial charge in [0.05, 0.1) is 11.3 Å². The highest BCUT2D eigenvalue weighted by atomic mass is 35.5. The monoisotopic (exact) mass is 362 g/mol. The number of halogens is 2. The van der Waals surface area contributed by atoms with Crippen molar-refractivity contribution in [2.45, 2.75) is 30.5 Å². The van der Waals surface area contributed by atoms with Crippen LogP contribution in [0.4, 0.5) is 5.13 Å². The van der Waals surface area contributed by atoms with Gasteiger partial charge < -0.3 is 10.2 Å². The Morgan fingerprint density at radius 2 is 2.23 bits per heavy atom. The maximum absolute atomic E-state index is 12.6. The normalized spacial score (nSPS) is 30.0. The highest BCUT2D eigenvalue weighted by Crippen LogP contribution is 2.64.